The Balaban J connectivity index is 1.97. The van der Waals surface area contributed by atoms with E-state index in [9.17, 15) is 13.2 Å². The first kappa shape index (κ1) is 18.3. The van der Waals surface area contributed by atoms with Gasteiger partial charge < -0.3 is 9.47 Å². The number of hydrogen-bond donors (Lipinski definition) is 0. The molecule has 0 heterocycles. The van der Waals surface area contributed by atoms with Crippen LogP contribution in [0.2, 0.25) is 0 Å². The SMILES string of the molecule is CCOCO[C@@H]1[C@H]2C(=CC(=O)[C@@H]2S(=O)(=O)c2ccccc2)CC1(C)C. The van der Waals surface area contributed by atoms with Crippen molar-refractivity contribution < 1.29 is 22.7 Å². The number of carbonyl (C=O) groups excluding carboxylic acids is 1. The average molecular weight is 364 g/mol. The molecular formula is C19H24O5S. The lowest BCUT2D eigenvalue weighted by atomic mass is 9.86. The molecular weight excluding hydrogens is 340 g/mol. The molecule has 0 spiro atoms. The smallest absolute Gasteiger partial charge is 0.189 e. The summed E-state index contributed by atoms with van der Waals surface area (Å²) in [6, 6.07) is 8.17. The van der Waals surface area contributed by atoms with Crippen LogP contribution in [0.5, 0.6) is 0 Å². The first-order chi connectivity index (χ1) is 11.8. The molecule has 0 saturated heterocycles. The van der Waals surface area contributed by atoms with Gasteiger partial charge in [-0.05, 0) is 37.0 Å². The van der Waals surface area contributed by atoms with Gasteiger partial charge in [-0.2, -0.15) is 0 Å². The van der Waals surface area contributed by atoms with Crippen LogP contribution in [0.4, 0.5) is 0 Å². The summed E-state index contributed by atoms with van der Waals surface area (Å²) in [5.74, 6) is -0.794. The van der Waals surface area contributed by atoms with Gasteiger partial charge in [-0.25, -0.2) is 8.42 Å². The van der Waals surface area contributed by atoms with Gasteiger partial charge in [-0.1, -0.05) is 37.6 Å². The summed E-state index contributed by atoms with van der Waals surface area (Å²) in [5, 5.41) is -1.11. The van der Waals surface area contributed by atoms with Crippen LogP contribution in [0.3, 0.4) is 0 Å². The lowest BCUT2D eigenvalue weighted by Gasteiger charge is -2.32. The van der Waals surface area contributed by atoms with Crippen molar-refractivity contribution in [1.29, 1.82) is 0 Å². The number of ketones is 1. The largest absolute Gasteiger partial charge is 0.356 e. The first-order valence-electron chi connectivity index (χ1n) is 8.51. The van der Waals surface area contributed by atoms with Crippen molar-refractivity contribution >= 4 is 15.6 Å². The Labute approximate surface area is 148 Å². The highest BCUT2D eigenvalue weighted by atomic mass is 32.2. The van der Waals surface area contributed by atoms with Gasteiger partial charge in [0.1, 0.15) is 12.0 Å². The van der Waals surface area contributed by atoms with Gasteiger partial charge in [0.25, 0.3) is 0 Å². The zero-order chi connectivity index (χ0) is 18.2. The highest BCUT2D eigenvalue weighted by molar-refractivity contribution is 7.93. The molecule has 2 aliphatic carbocycles. The van der Waals surface area contributed by atoms with Crippen LogP contribution >= 0.6 is 0 Å². The quantitative estimate of drug-likeness (QED) is 0.573. The minimum absolute atomic E-state index is 0.0979. The predicted octanol–water partition coefficient (Wildman–Crippen LogP) is 2.76. The maximum Gasteiger partial charge on any atom is 0.189 e. The molecule has 1 saturated carbocycles. The van der Waals surface area contributed by atoms with E-state index in [1.165, 1.54) is 18.2 Å². The van der Waals surface area contributed by atoms with Gasteiger partial charge in [0.2, 0.25) is 0 Å². The topological polar surface area (TPSA) is 69.7 Å². The molecule has 0 amide bonds. The number of allylic oxidation sites excluding steroid dienone is 1. The van der Waals surface area contributed by atoms with E-state index in [0.29, 0.717) is 13.0 Å². The number of ether oxygens (including phenoxy) is 2. The Hall–Kier alpha value is -1.50. The highest BCUT2D eigenvalue weighted by Crippen LogP contribution is 2.52. The summed E-state index contributed by atoms with van der Waals surface area (Å²) in [4.78, 5) is 12.7. The van der Waals surface area contributed by atoms with Gasteiger partial charge in [0.15, 0.2) is 15.6 Å². The maximum absolute atomic E-state index is 13.1. The van der Waals surface area contributed by atoms with Crippen molar-refractivity contribution in [2.24, 2.45) is 11.3 Å². The van der Waals surface area contributed by atoms with Crippen molar-refractivity contribution in [2.45, 2.75) is 43.4 Å². The van der Waals surface area contributed by atoms with Crippen LogP contribution < -0.4 is 0 Å². The van der Waals surface area contributed by atoms with E-state index < -0.39 is 21.0 Å². The molecule has 25 heavy (non-hydrogen) atoms. The maximum atomic E-state index is 13.1. The van der Waals surface area contributed by atoms with Crippen molar-refractivity contribution in [3.05, 3.63) is 42.0 Å². The molecule has 0 N–H and O–H groups in total. The van der Waals surface area contributed by atoms with Gasteiger partial charge in [0.05, 0.1) is 11.0 Å². The van der Waals surface area contributed by atoms with E-state index in [1.807, 2.05) is 20.8 Å². The third kappa shape index (κ3) is 3.18. The molecule has 0 bridgehead atoms. The van der Waals surface area contributed by atoms with E-state index >= 15 is 0 Å². The van der Waals surface area contributed by atoms with Crippen molar-refractivity contribution in [2.75, 3.05) is 13.4 Å². The van der Waals surface area contributed by atoms with Gasteiger partial charge in [-0.3, -0.25) is 4.79 Å². The highest BCUT2D eigenvalue weighted by Gasteiger charge is 2.57. The minimum Gasteiger partial charge on any atom is -0.356 e. The van der Waals surface area contributed by atoms with Crippen LogP contribution in [0.15, 0.2) is 46.9 Å². The second-order valence-electron chi connectivity index (χ2n) is 7.29. The van der Waals surface area contributed by atoms with Crippen LogP contribution in [0, 0.1) is 11.3 Å². The fourth-order valence-corrected chi connectivity index (χ4v) is 5.91. The molecule has 1 aromatic rings. The first-order valence-corrected chi connectivity index (χ1v) is 10.1. The Kier molecular flexibility index (Phi) is 4.88. The second-order valence-corrected chi connectivity index (χ2v) is 9.36. The second kappa shape index (κ2) is 6.67. The van der Waals surface area contributed by atoms with Gasteiger partial charge in [0, 0.05) is 12.5 Å². The lowest BCUT2D eigenvalue weighted by molar-refractivity contribution is -0.129. The molecule has 5 nitrogen and oxygen atoms in total. The molecule has 2 aliphatic rings. The van der Waals surface area contributed by atoms with Crippen LogP contribution in [0.25, 0.3) is 0 Å². The molecule has 1 aromatic carbocycles. The molecule has 0 unspecified atom stereocenters. The molecule has 3 atom stereocenters. The van der Waals surface area contributed by atoms with Crippen molar-refractivity contribution in [1.82, 2.24) is 0 Å². The molecule has 6 heteroatoms. The van der Waals surface area contributed by atoms with Crippen molar-refractivity contribution in [3.8, 4) is 0 Å². The van der Waals surface area contributed by atoms with E-state index in [-0.39, 0.29) is 29.0 Å². The third-order valence-electron chi connectivity index (χ3n) is 5.06. The number of benzene rings is 1. The van der Waals surface area contributed by atoms with E-state index in [0.717, 1.165) is 5.57 Å². The number of sulfone groups is 1. The Morgan fingerprint density at radius 2 is 1.88 bits per heavy atom. The van der Waals surface area contributed by atoms with Gasteiger partial charge >= 0.3 is 0 Å². The molecule has 136 valence electrons. The summed E-state index contributed by atoms with van der Waals surface area (Å²) in [5.41, 5.74) is 0.625. The number of hydrogen-bond acceptors (Lipinski definition) is 5. The van der Waals surface area contributed by atoms with Crippen LogP contribution in [-0.2, 0) is 24.1 Å². The predicted molar refractivity (Wildman–Crippen MR) is 93.8 cm³/mol. The van der Waals surface area contributed by atoms with E-state index in [4.69, 9.17) is 9.47 Å². The monoisotopic (exact) mass is 364 g/mol. The Morgan fingerprint density at radius 1 is 1.20 bits per heavy atom. The summed E-state index contributed by atoms with van der Waals surface area (Å²) in [6.07, 6.45) is 1.79. The number of rotatable bonds is 6. The zero-order valence-corrected chi connectivity index (χ0v) is 15.6. The number of carbonyl (C=O) groups is 1. The van der Waals surface area contributed by atoms with E-state index in [2.05, 4.69) is 0 Å². The third-order valence-corrected chi connectivity index (χ3v) is 7.18. The molecule has 1 fully saturated rings. The summed E-state index contributed by atoms with van der Waals surface area (Å²) in [7, 11) is -3.78. The molecule has 0 radical (unpaired) electrons. The fourth-order valence-electron chi connectivity index (χ4n) is 4.00. The standard InChI is InChI=1S/C19H24O5S/c1-4-23-12-24-18-16-13(11-19(18,2)3)10-15(20)17(16)25(21,22)14-8-6-5-7-9-14/h5-10,16-18H,4,11-12H2,1-3H3/t16-,17-,18+/m0/s1. The molecule has 3 rings (SSSR count). The normalized spacial score (nSPS) is 28.0. The minimum atomic E-state index is -3.78. The van der Waals surface area contributed by atoms with Crippen molar-refractivity contribution in [3.63, 3.8) is 0 Å². The van der Waals surface area contributed by atoms with Gasteiger partial charge in [-0.15, -0.1) is 0 Å². The molecule has 0 aliphatic heterocycles. The average Bonchev–Trinajstić information content (AvgIpc) is 2.99. The summed E-state index contributed by atoms with van der Waals surface area (Å²) < 4.78 is 37.5. The van der Waals surface area contributed by atoms with E-state index in [1.54, 1.807) is 18.2 Å². The Morgan fingerprint density at radius 3 is 2.52 bits per heavy atom. The molecule has 0 aromatic heterocycles. The van der Waals surface area contributed by atoms with Crippen LogP contribution in [0.1, 0.15) is 27.2 Å². The fraction of sp³-hybridized carbons (Fsp3) is 0.526. The number of fused-ring (bicyclic) bond motifs is 1. The van der Waals surface area contributed by atoms with Crippen LogP contribution in [-0.4, -0.2) is 39.0 Å². The lowest BCUT2D eigenvalue weighted by Crippen LogP contribution is -2.42. The summed E-state index contributed by atoms with van der Waals surface area (Å²) >= 11 is 0. The Bertz CT molecular complexity index is 779. The summed E-state index contributed by atoms with van der Waals surface area (Å²) in [6.45, 7) is 6.57. The zero-order valence-electron chi connectivity index (χ0n) is 14.8.